The van der Waals surface area contributed by atoms with Gasteiger partial charge >= 0.3 is 5.97 Å². The normalized spacial score (nSPS) is 11.4. The Morgan fingerprint density at radius 3 is 2.70 bits per heavy atom. The molecular formula is C18H18N4O4S. The van der Waals surface area contributed by atoms with Crippen molar-refractivity contribution in [2.24, 2.45) is 0 Å². The van der Waals surface area contributed by atoms with Crippen molar-refractivity contribution in [3.8, 4) is 22.6 Å². The highest BCUT2D eigenvalue weighted by molar-refractivity contribution is 7.90. The number of carbonyl (C=O) groups excluding carboxylic acids is 1. The number of aromatic amines is 1. The molecule has 0 unspecified atom stereocenters. The largest absolute Gasteiger partial charge is 0.461 e. The van der Waals surface area contributed by atoms with Crippen LogP contribution in [-0.4, -0.2) is 47.2 Å². The molecule has 0 saturated heterocycles. The van der Waals surface area contributed by atoms with E-state index in [1.807, 2.05) is 0 Å². The van der Waals surface area contributed by atoms with Crippen LogP contribution in [0, 0.1) is 6.92 Å². The van der Waals surface area contributed by atoms with E-state index < -0.39 is 15.8 Å². The van der Waals surface area contributed by atoms with Crippen molar-refractivity contribution in [2.75, 3.05) is 12.9 Å². The highest BCUT2D eigenvalue weighted by Gasteiger charge is 2.18. The number of imidazole rings is 1. The molecule has 8 nitrogen and oxygen atoms in total. The average molecular weight is 386 g/mol. The number of aromatic nitrogens is 4. The number of carbonyl (C=O) groups is 1. The van der Waals surface area contributed by atoms with Gasteiger partial charge in [-0.3, -0.25) is 9.97 Å². The van der Waals surface area contributed by atoms with Gasteiger partial charge in [-0.25, -0.2) is 18.2 Å². The first-order valence-corrected chi connectivity index (χ1v) is 10.0. The molecule has 1 N–H and O–H groups in total. The van der Waals surface area contributed by atoms with E-state index in [4.69, 9.17) is 4.74 Å². The molecule has 0 aromatic carbocycles. The van der Waals surface area contributed by atoms with E-state index in [0.717, 1.165) is 11.8 Å². The average Bonchev–Trinajstić information content (AvgIpc) is 3.03. The summed E-state index contributed by atoms with van der Waals surface area (Å²) in [5.74, 6) is -0.0802. The third-order valence-electron chi connectivity index (χ3n) is 3.83. The van der Waals surface area contributed by atoms with Gasteiger partial charge in [0.2, 0.25) is 0 Å². The maximum Gasteiger partial charge on any atom is 0.358 e. The quantitative estimate of drug-likeness (QED) is 0.670. The van der Waals surface area contributed by atoms with E-state index in [9.17, 15) is 13.2 Å². The van der Waals surface area contributed by atoms with Crippen molar-refractivity contribution < 1.29 is 17.9 Å². The molecule has 0 bridgehead atoms. The summed E-state index contributed by atoms with van der Waals surface area (Å²) in [5.41, 5.74) is 2.66. The Morgan fingerprint density at radius 1 is 1.22 bits per heavy atom. The molecule has 3 aromatic heterocycles. The second kappa shape index (κ2) is 7.28. The molecule has 9 heteroatoms. The van der Waals surface area contributed by atoms with Crippen LogP contribution >= 0.6 is 0 Å². The van der Waals surface area contributed by atoms with E-state index in [-0.39, 0.29) is 17.2 Å². The summed E-state index contributed by atoms with van der Waals surface area (Å²) in [6.07, 6.45) is 5.60. The zero-order valence-corrected chi connectivity index (χ0v) is 15.9. The first-order valence-electron chi connectivity index (χ1n) is 8.15. The molecular weight excluding hydrogens is 368 g/mol. The van der Waals surface area contributed by atoms with Crippen LogP contribution in [0.1, 0.15) is 23.1 Å². The van der Waals surface area contributed by atoms with E-state index in [2.05, 4.69) is 19.9 Å². The lowest BCUT2D eigenvalue weighted by Crippen LogP contribution is -2.06. The van der Waals surface area contributed by atoms with Crippen LogP contribution in [0.2, 0.25) is 0 Å². The van der Waals surface area contributed by atoms with Gasteiger partial charge in [0.25, 0.3) is 0 Å². The van der Waals surface area contributed by atoms with Crippen LogP contribution in [0.15, 0.2) is 41.7 Å². The van der Waals surface area contributed by atoms with E-state index in [1.54, 1.807) is 44.4 Å². The highest BCUT2D eigenvalue weighted by Crippen LogP contribution is 2.25. The molecule has 0 fully saturated rings. The fraction of sp³-hybridized carbons (Fsp3) is 0.222. The molecule has 3 rings (SSSR count). The maximum atomic E-state index is 11.9. The van der Waals surface area contributed by atoms with Gasteiger partial charge in [-0.15, -0.1) is 0 Å². The number of ether oxygens (including phenoxy) is 1. The molecule has 3 aromatic rings. The van der Waals surface area contributed by atoms with Gasteiger partial charge in [0.05, 0.1) is 11.5 Å². The highest BCUT2D eigenvalue weighted by atomic mass is 32.2. The molecule has 0 spiro atoms. The summed E-state index contributed by atoms with van der Waals surface area (Å²) in [6, 6.07) is 5.05. The fourth-order valence-corrected chi connectivity index (χ4v) is 3.09. The molecule has 0 amide bonds. The Morgan fingerprint density at radius 2 is 2.00 bits per heavy atom. The molecule has 0 aliphatic rings. The van der Waals surface area contributed by atoms with Crippen LogP contribution in [0.4, 0.5) is 0 Å². The summed E-state index contributed by atoms with van der Waals surface area (Å²) in [6.45, 7) is 3.72. The predicted octanol–water partition coefficient (Wildman–Crippen LogP) is 2.42. The van der Waals surface area contributed by atoms with Crippen LogP contribution < -0.4 is 0 Å². The first-order chi connectivity index (χ1) is 12.8. The van der Waals surface area contributed by atoms with Crippen LogP contribution in [0.3, 0.4) is 0 Å². The molecule has 27 heavy (non-hydrogen) atoms. The van der Waals surface area contributed by atoms with E-state index in [1.165, 1.54) is 6.20 Å². The number of nitrogens with zero attached hydrogens (tertiary/aromatic N) is 3. The number of hydrogen-bond acceptors (Lipinski definition) is 7. The molecule has 0 aliphatic heterocycles. The Labute approximate surface area is 156 Å². The summed E-state index contributed by atoms with van der Waals surface area (Å²) in [7, 11) is -3.36. The number of H-pyrrole nitrogens is 1. The maximum absolute atomic E-state index is 11.9. The zero-order chi connectivity index (χ0) is 19.6. The Bertz CT molecular complexity index is 1110. The Balaban J connectivity index is 2.00. The van der Waals surface area contributed by atoms with Gasteiger partial charge in [-0.05, 0) is 37.6 Å². The monoisotopic (exact) mass is 386 g/mol. The molecule has 0 atom stereocenters. The van der Waals surface area contributed by atoms with E-state index in [0.29, 0.717) is 22.8 Å². The van der Waals surface area contributed by atoms with Crippen molar-refractivity contribution in [3.63, 3.8) is 0 Å². The molecule has 0 saturated carbocycles. The Kier molecular flexibility index (Phi) is 5.04. The van der Waals surface area contributed by atoms with Crippen molar-refractivity contribution in [1.82, 2.24) is 19.9 Å². The van der Waals surface area contributed by atoms with Gasteiger partial charge in [-0.1, -0.05) is 0 Å². The van der Waals surface area contributed by atoms with Crippen LogP contribution in [0.25, 0.3) is 22.6 Å². The van der Waals surface area contributed by atoms with Crippen molar-refractivity contribution >= 4 is 15.8 Å². The first kappa shape index (κ1) is 18.7. The lowest BCUT2D eigenvalue weighted by atomic mass is 10.1. The molecule has 0 aliphatic carbocycles. The van der Waals surface area contributed by atoms with Gasteiger partial charge in [0.15, 0.2) is 21.4 Å². The van der Waals surface area contributed by atoms with Gasteiger partial charge < -0.3 is 9.72 Å². The second-order valence-electron chi connectivity index (χ2n) is 5.89. The number of aryl methyl sites for hydroxylation is 1. The number of nitrogens with one attached hydrogen (secondary N) is 1. The minimum absolute atomic E-state index is 0.136. The van der Waals surface area contributed by atoms with Gasteiger partial charge in [0.1, 0.15) is 5.69 Å². The minimum Gasteiger partial charge on any atom is -0.461 e. The molecule has 3 heterocycles. The minimum atomic E-state index is -3.36. The summed E-state index contributed by atoms with van der Waals surface area (Å²) in [5, 5.41) is 0. The van der Waals surface area contributed by atoms with Gasteiger partial charge in [0, 0.05) is 36.1 Å². The van der Waals surface area contributed by atoms with Crippen molar-refractivity contribution in [2.45, 2.75) is 18.7 Å². The summed E-state index contributed by atoms with van der Waals surface area (Å²) < 4.78 is 28.5. The number of pyridine rings is 2. The number of rotatable bonds is 5. The zero-order valence-electron chi connectivity index (χ0n) is 15.1. The summed E-state index contributed by atoms with van der Waals surface area (Å²) in [4.78, 5) is 27.7. The second-order valence-corrected chi connectivity index (χ2v) is 7.91. The van der Waals surface area contributed by atoms with Crippen LogP contribution in [-0.2, 0) is 14.6 Å². The standard InChI is InChI=1S/C18H18N4O4S/c1-4-26-18(23)16-11(2)21-17(22-16)15-8-12(5-6-20-15)13-7-14(10-19-9-13)27(3,24)25/h5-10H,4H2,1-3H3,(H,21,22). The lowest BCUT2D eigenvalue weighted by molar-refractivity contribution is 0.0519. The topological polar surface area (TPSA) is 115 Å². The number of sulfone groups is 1. The number of esters is 1. The third-order valence-corrected chi connectivity index (χ3v) is 4.91. The molecule has 0 radical (unpaired) electrons. The molecule has 140 valence electrons. The summed E-state index contributed by atoms with van der Waals surface area (Å²) >= 11 is 0. The predicted molar refractivity (Wildman–Crippen MR) is 98.9 cm³/mol. The fourth-order valence-electron chi connectivity index (χ4n) is 2.50. The Hall–Kier alpha value is -3.07. The van der Waals surface area contributed by atoms with Crippen molar-refractivity contribution in [3.05, 3.63) is 48.2 Å². The van der Waals surface area contributed by atoms with Crippen molar-refractivity contribution in [1.29, 1.82) is 0 Å². The smallest absolute Gasteiger partial charge is 0.358 e. The van der Waals surface area contributed by atoms with Crippen LogP contribution in [0.5, 0.6) is 0 Å². The number of hydrogen-bond donors (Lipinski definition) is 1. The third kappa shape index (κ3) is 4.03. The van der Waals surface area contributed by atoms with E-state index >= 15 is 0 Å². The van der Waals surface area contributed by atoms with Gasteiger partial charge in [-0.2, -0.15) is 0 Å². The lowest BCUT2D eigenvalue weighted by Gasteiger charge is -2.05. The SMILES string of the molecule is CCOC(=O)c1nc(-c2cc(-c3cncc(S(C)(=O)=O)c3)ccn2)[nH]c1C.